The molecule has 25 heavy (non-hydrogen) atoms. The van der Waals surface area contributed by atoms with Crippen LogP contribution in [0.5, 0.6) is 0 Å². The maximum absolute atomic E-state index is 12.7. The third-order valence-electron chi connectivity index (χ3n) is 9.89. The lowest BCUT2D eigenvalue weighted by Crippen LogP contribution is -2.64. The Balaban J connectivity index is 1.60. The van der Waals surface area contributed by atoms with E-state index in [1.807, 2.05) is 0 Å². The van der Waals surface area contributed by atoms with Crippen molar-refractivity contribution in [1.29, 1.82) is 0 Å². The second kappa shape index (κ2) is 4.79. The topological polar surface area (TPSA) is 98.0 Å². The molecule has 6 aliphatic carbocycles. The summed E-state index contributed by atoms with van der Waals surface area (Å²) in [6.07, 6.45) is 7.01. The smallest absolute Gasteiger partial charge is 0.310 e. The van der Waals surface area contributed by atoms with Crippen molar-refractivity contribution >= 4 is 5.97 Å². The van der Waals surface area contributed by atoms with Gasteiger partial charge in [-0.25, -0.2) is 0 Å². The summed E-state index contributed by atoms with van der Waals surface area (Å²) in [5.74, 6) is 0.431. The second-order valence-corrected chi connectivity index (χ2v) is 10.1. The van der Waals surface area contributed by atoms with Crippen molar-refractivity contribution in [1.82, 2.24) is 0 Å². The van der Waals surface area contributed by atoms with E-state index in [1.165, 1.54) is 0 Å². The molecule has 0 aromatic heterocycles. The molecular formula is C20H30O5. The summed E-state index contributed by atoms with van der Waals surface area (Å²) in [4.78, 5) is 12.7. The Morgan fingerprint density at radius 1 is 0.960 bits per heavy atom. The summed E-state index contributed by atoms with van der Waals surface area (Å²) in [7, 11) is 0. The molecule has 0 aromatic carbocycles. The van der Waals surface area contributed by atoms with Gasteiger partial charge in [0.2, 0.25) is 0 Å². The van der Waals surface area contributed by atoms with Gasteiger partial charge in [0.05, 0.1) is 18.6 Å². The SMILES string of the molecule is O=C(O)C12CCCC(CO)(CO)C1CCC13CC4C(CC12)C4(CO)C3. The Labute approximate surface area is 148 Å². The maximum atomic E-state index is 12.7. The van der Waals surface area contributed by atoms with Crippen LogP contribution < -0.4 is 0 Å². The predicted octanol–water partition coefficient (Wildman–Crippen LogP) is 1.65. The lowest BCUT2D eigenvalue weighted by Gasteiger charge is -2.64. The zero-order valence-corrected chi connectivity index (χ0v) is 14.8. The molecule has 0 radical (unpaired) electrons. The second-order valence-electron chi connectivity index (χ2n) is 10.1. The van der Waals surface area contributed by atoms with E-state index in [-0.39, 0.29) is 42.5 Å². The highest BCUT2D eigenvalue weighted by Gasteiger charge is 2.81. The number of rotatable bonds is 4. The molecule has 6 rings (SSSR count). The minimum absolute atomic E-state index is 0.0744. The molecule has 6 saturated carbocycles. The van der Waals surface area contributed by atoms with Crippen LogP contribution in [0.25, 0.3) is 0 Å². The Hall–Kier alpha value is -0.650. The lowest BCUT2D eigenvalue weighted by atomic mass is 9.39. The van der Waals surface area contributed by atoms with Crippen molar-refractivity contribution < 1.29 is 25.2 Å². The molecule has 4 N–H and O–H groups in total. The first-order valence-electron chi connectivity index (χ1n) is 10.0. The molecular weight excluding hydrogens is 320 g/mol. The van der Waals surface area contributed by atoms with Crippen LogP contribution in [0.3, 0.4) is 0 Å². The number of fused-ring (bicyclic) bond motifs is 1. The van der Waals surface area contributed by atoms with E-state index in [4.69, 9.17) is 0 Å². The summed E-state index contributed by atoms with van der Waals surface area (Å²) >= 11 is 0. The first-order chi connectivity index (χ1) is 11.9. The molecule has 1 spiro atoms. The minimum atomic E-state index is -0.795. The van der Waals surface area contributed by atoms with Gasteiger partial charge in [0.15, 0.2) is 0 Å². The summed E-state index contributed by atoms with van der Waals surface area (Å²) in [6, 6.07) is 0. The van der Waals surface area contributed by atoms with Gasteiger partial charge in [-0.1, -0.05) is 6.42 Å². The fraction of sp³-hybridized carbons (Fsp3) is 0.950. The van der Waals surface area contributed by atoms with E-state index >= 15 is 0 Å². The first-order valence-corrected chi connectivity index (χ1v) is 10.0. The summed E-state index contributed by atoms with van der Waals surface area (Å²) < 4.78 is 0. The van der Waals surface area contributed by atoms with Gasteiger partial charge in [-0.2, -0.15) is 0 Å². The molecule has 5 heteroatoms. The molecule has 5 nitrogen and oxygen atoms in total. The van der Waals surface area contributed by atoms with Gasteiger partial charge in [0.1, 0.15) is 0 Å². The third kappa shape index (κ3) is 1.61. The Bertz CT molecular complexity index is 615. The zero-order valence-electron chi connectivity index (χ0n) is 14.8. The zero-order chi connectivity index (χ0) is 17.7. The highest BCUT2D eigenvalue weighted by Crippen LogP contribution is 2.85. The number of carbonyl (C=O) groups is 1. The first kappa shape index (κ1) is 16.5. The summed E-state index contributed by atoms with van der Waals surface area (Å²) in [6.45, 7) is 0.0304. The van der Waals surface area contributed by atoms with Crippen molar-refractivity contribution in [3.05, 3.63) is 0 Å². The third-order valence-corrected chi connectivity index (χ3v) is 9.89. The number of aliphatic hydroxyl groups excluding tert-OH is 3. The van der Waals surface area contributed by atoms with E-state index in [0.29, 0.717) is 18.3 Å². The predicted molar refractivity (Wildman–Crippen MR) is 89.5 cm³/mol. The molecule has 0 saturated heterocycles. The van der Waals surface area contributed by atoms with Crippen molar-refractivity contribution in [3.8, 4) is 0 Å². The highest BCUT2D eigenvalue weighted by molar-refractivity contribution is 5.76. The lowest BCUT2D eigenvalue weighted by molar-refractivity contribution is -0.213. The molecule has 140 valence electrons. The van der Waals surface area contributed by atoms with E-state index in [9.17, 15) is 25.2 Å². The normalized spacial score (nSPS) is 54.5. The van der Waals surface area contributed by atoms with E-state index < -0.39 is 16.8 Å². The number of aliphatic hydroxyl groups is 3. The molecule has 0 aliphatic heterocycles. The monoisotopic (exact) mass is 350 g/mol. The maximum Gasteiger partial charge on any atom is 0.310 e. The van der Waals surface area contributed by atoms with Gasteiger partial charge in [0.25, 0.3) is 0 Å². The highest BCUT2D eigenvalue weighted by atomic mass is 16.4. The van der Waals surface area contributed by atoms with E-state index in [1.54, 1.807) is 0 Å². The number of hydrogen-bond donors (Lipinski definition) is 4. The Morgan fingerprint density at radius 3 is 2.32 bits per heavy atom. The van der Waals surface area contributed by atoms with Crippen LogP contribution in [0, 0.1) is 45.3 Å². The minimum Gasteiger partial charge on any atom is -0.481 e. The van der Waals surface area contributed by atoms with Gasteiger partial charge < -0.3 is 20.4 Å². The number of hydrogen-bond acceptors (Lipinski definition) is 4. The molecule has 0 aromatic rings. The summed E-state index contributed by atoms with van der Waals surface area (Å²) in [5.41, 5.74) is -1.26. The number of carboxylic acid groups (broad SMARTS) is 1. The van der Waals surface area contributed by atoms with Crippen LogP contribution in [-0.4, -0.2) is 46.2 Å². The van der Waals surface area contributed by atoms with Crippen molar-refractivity contribution in [3.63, 3.8) is 0 Å². The Kier molecular flexibility index (Phi) is 3.16. The van der Waals surface area contributed by atoms with Crippen molar-refractivity contribution in [2.45, 2.75) is 51.4 Å². The largest absolute Gasteiger partial charge is 0.481 e. The molecule has 6 aliphatic rings. The van der Waals surface area contributed by atoms with Gasteiger partial charge in [-0.05, 0) is 74.0 Å². The van der Waals surface area contributed by atoms with Crippen LogP contribution in [0.1, 0.15) is 51.4 Å². The van der Waals surface area contributed by atoms with Crippen molar-refractivity contribution in [2.24, 2.45) is 45.3 Å². The number of carboxylic acids is 1. The van der Waals surface area contributed by atoms with Crippen LogP contribution in [0.2, 0.25) is 0 Å². The molecule has 4 bridgehead atoms. The van der Waals surface area contributed by atoms with Gasteiger partial charge in [-0.15, -0.1) is 0 Å². The van der Waals surface area contributed by atoms with Crippen LogP contribution >= 0.6 is 0 Å². The fourth-order valence-corrected chi connectivity index (χ4v) is 8.90. The molecule has 0 amide bonds. The van der Waals surface area contributed by atoms with Crippen LogP contribution in [-0.2, 0) is 4.79 Å². The van der Waals surface area contributed by atoms with Gasteiger partial charge in [0, 0.05) is 17.4 Å². The van der Waals surface area contributed by atoms with Crippen LogP contribution in [0.4, 0.5) is 0 Å². The van der Waals surface area contributed by atoms with E-state index in [2.05, 4.69) is 0 Å². The molecule has 6 fully saturated rings. The van der Waals surface area contributed by atoms with Gasteiger partial charge in [-0.3, -0.25) is 4.79 Å². The average molecular weight is 350 g/mol. The standard InChI is InChI=1S/C20H30O5/c21-9-18(10-22)3-1-4-20(16(24)25)14(18)2-5-17-7-13-12(6-15(17)20)19(13,8-17)11-23/h12-15,21-23H,1-11H2,(H,24,25). The van der Waals surface area contributed by atoms with E-state index in [0.717, 1.165) is 44.9 Å². The van der Waals surface area contributed by atoms with Gasteiger partial charge >= 0.3 is 5.97 Å². The molecule has 7 unspecified atom stereocenters. The van der Waals surface area contributed by atoms with Crippen LogP contribution in [0.15, 0.2) is 0 Å². The van der Waals surface area contributed by atoms with Crippen molar-refractivity contribution in [2.75, 3.05) is 19.8 Å². The molecule has 0 heterocycles. The number of aliphatic carboxylic acids is 1. The fourth-order valence-electron chi connectivity index (χ4n) is 8.90. The quantitative estimate of drug-likeness (QED) is 0.618. The summed E-state index contributed by atoms with van der Waals surface area (Å²) in [5, 5.41) is 40.6. The molecule has 7 atom stereocenters. The Morgan fingerprint density at radius 2 is 1.72 bits per heavy atom. The average Bonchev–Trinajstić information content (AvgIpc) is 3.13.